The Labute approximate surface area is 76.6 Å². The minimum absolute atomic E-state index is 0. The normalized spacial score (nSPS) is 28.3. The molecular weight excluding hydrogens is 152 g/mol. The Kier molecular flexibility index (Phi) is 5.93. The molecule has 1 heterocycles. The summed E-state index contributed by atoms with van der Waals surface area (Å²) in [6.45, 7) is 5.44. The van der Waals surface area contributed by atoms with Crippen LogP contribution in [0.25, 0.3) is 0 Å². The van der Waals surface area contributed by atoms with Crippen LogP contribution in [0.4, 0.5) is 0 Å². The fraction of sp³-hybridized carbons (Fsp3) is 0.889. The van der Waals surface area contributed by atoms with Gasteiger partial charge in [-0.3, -0.25) is 0 Å². The van der Waals surface area contributed by atoms with Crippen molar-refractivity contribution in [1.82, 2.24) is 10.2 Å². The first-order chi connectivity index (χ1) is 5.68. The van der Waals surface area contributed by atoms with Gasteiger partial charge in [0.25, 0.3) is 0 Å². The van der Waals surface area contributed by atoms with Gasteiger partial charge in [0.15, 0.2) is 0 Å². The number of carbonyl (C=O) groups excluding carboxylic acids is 1. The lowest BCUT2D eigenvalue weighted by Crippen LogP contribution is -2.35. The number of carbonyl (C=O) groups is 1. The van der Waals surface area contributed by atoms with E-state index in [0.717, 1.165) is 12.1 Å². The molecule has 1 fully saturated rings. The molecule has 0 spiro atoms. The Morgan fingerprint density at radius 3 is 2.42 bits per heavy atom. The van der Waals surface area contributed by atoms with E-state index < -0.39 is 0 Å². The van der Waals surface area contributed by atoms with Crippen LogP contribution in [0.3, 0.4) is 0 Å². The van der Waals surface area contributed by atoms with Crippen molar-refractivity contribution >= 4 is 6.79 Å². The van der Waals surface area contributed by atoms with Crippen LogP contribution in [0.15, 0.2) is 0 Å². The van der Waals surface area contributed by atoms with Crippen molar-refractivity contribution in [3.8, 4) is 0 Å². The van der Waals surface area contributed by atoms with Crippen molar-refractivity contribution in [2.75, 3.05) is 20.6 Å². The summed E-state index contributed by atoms with van der Waals surface area (Å²) in [5.41, 5.74) is 0. The summed E-state index contributed by atoms with van der Waals surface area (Å²) in [6, 6.07) is 1.48. The molecule has 1 aliphatic heterocycles. The first kappa shape index (κ1) is 11.6. The van der Waals surface area contributed by atoms with Gasteiger partial charge in [-0.1, -0.05) is 0 Å². The van der Waals surface area contributed by atoms with Gasteiger partial charge >= 0.3 is 0 Å². The summed E-state index contributed by atoms with van der Waals surface area (Å²) in [5.74, 6) is 0. The summed E-state index contributed by atoms with van der Waals surface area (Å²) in [5, 5.41) is 3.54. The quantitative estimate of drug-likeness (QED) is 0.670. The van der Waals surface area contributed by atoms with Gasteiger partial charge in [0.05, 0.1) is 0 Å². The lowest BCUT2D eigenvalue weighted by molar-refractivity contribution is -0.0979. The van der Waals surface area contributed by atoms with Gasteiger partial charge in [0.2, 0.25) is 0 Å². The maximum atomic E-state index is 8.00. The molecule has 3 heteroatoms. The molecular formula is C9H22N2O. The van der Waals surface area contributed by atoms with Crippen molar-refractivity contribution in [3.63, 3.8) is 0 Å². The topological polar surface area (TPSA) is 32.3 Å². The fourth-order valence-electron chi connectivity index (χ4n) is 1.60. The van der Waals surface area contributed by atoms with Crippen molar-refractivity contribution in [1.29, 1.82) is 0 Å². The first-order valence-electron chi connectivity index (χ1n) is 4.38. The molecule has 1 saturated heterocycles. The number of hydrogen-bond acceptors (Lipinski definition) is 3. The first-order valence-corrected chi connectivity index (χ1v) is 4.38. The zero-order valence-corrected chi connectivity index (χ0v) is 8.34. The van der Waals surface area contributed by atoms with Crippen LogP contribution in [0.2, 0.25) is 0 Å². The molecule has 0 unspecified atom stereocenters. The van der Waals surface area contributed by atoms with E-state index in [9.17, 15) is 0 Å². The van der Waals surface area contributed by atoms with E-state index in [2.05, 4.69) is 31.2 Å². The largest absolute Gasteiger partial charge is 0.310 e. The van der Waals surface area contributed by atoms with Crippen molar-refractivity contribution in [2.45, 2.75) is 31.8 Å². The molecule has 0 aromatic heterocycles. The van der Waals surface area contributed by atoms with Crippen molar-refractivity contribution in [3.05, 3.63) is 0 Å². The van der Waals surface area contributed by atoms with Gasteiger partial charge in [-0.25, -0.2) is 0 Å². The molecule has 2 atom stereocenters. The van der Waals surface area contributed by atoms with E-state index in [1.165, 1.54) is 19.4 Å². The third-order valence-corrected chi connectivity index (χ3v) is 2.05. The maximum Gasteiger partial charge on any atom is 0.106 e. The highest BCUT2D eigenvalue weighted by atomic mass is 16.1. The predicted octanol–water partition coefficient (Wildman–Crippen LogP) is 0.750. The molecule has 1 N–H and O–H groups in total. The third-order valence-electron chi connectivity index (χ3n) is 2.05. The number of nitrogens with zero attached hydrogens (tertiary/aromatic N) is 1. The average Bonchev–Trinajstić information content (AvgIpc) is 2.39. The molecule has 3 nitrogen and oxygen atoms in total. The van der Waals surface area contributed by atoms with Gasteiger partial charge in [0, 0.05) is 20.1 Å². The van der Waals surface area contributed by atoms with Crippen LogP contribution < -0.4 is 5.32 Å². The maximum absolute atomic E-state index is 8.00. The van der Waals surface area contributed by atoms with E-state index in [1.54, 1.807) is 0 Å². The van der Waals surface area contributed by atoms with Crippen LogP contribution in [-0.2, 0) is 4.79 Å². The molecule has 0 saturated carbocycles. The molecule has 0 aromatic rings. The van der Waals surface area contributed by atoms with E-state index in [1.807, 2.05) is 6.79 Å². The van der Waals surface area contributed by atoms with Crippen molar-refractivity contribution < 1.29 is 6.22 Å². The minimum atomic E-state index is 0. The van der Waals surface area contributed by atoms with Crippen LogP contribution in [-0.4, -0.2) is 44.4 Å². The second-order valence-corrected chi connectivity index (χ2v) is 3.60. The molecule has 1 aliphatic rings. The van der Waals surface area contributed by atoms with Crippen LogP contribution in [0.1, 0.15) is 21.2 Å². The molecule has 0 amide bonds. The van der Waals surface area contributed by atoms with Gasteiger partial charge in [-0.2, -0.15) is 0 Å². The smallest absolute Gasteiger partial charge is 0.106 e. The number of rotatable bonds is 2. The van der Waals surface area contributed by atoms with E-state index in [4.69, 9.17) is 4.79 Å². The predicted molar refractivity (Wildman–Crippen MR) is 53.4 cm³/mol. The second-order valence-electron chi connectivity index (χ2n) is 3.60. The van der Waals surface area contributed by atoms with Gasteiger partial charge in [0.1, 0.15) is 6.79 Å². The molecule has 74 valence electrons. The Balaban J connectivity index is 0. The highest BCUT2D eigenvalue weighted by molar-refractivity contribution is 5.10. The highest BCUT2D eigenvalue weighted by Gasteiger charge is 2.19. The molecule has 0 aliphatic carbocycles. The van der Waals surface area contributed by atoms with E-state index >= 15 is 0 Å². The lowest BCUT2D eigenvalue weighted by Gasteiger charge is -2.16. The SMILES string of the molecule is C=O.C[C@H]1CC[C@@H](CN(C)C)N1.[HH]. The minimum Gasteiger partial charge on any atom is -0.310 e. The number of nitrogens with one attached hydrogen (secondary N) is 1. The fourth-order valence-corrected chi connectivity index (χ4v) is 1.60. The second kappa shape index (κ2) is 6.14. The van der Waals surface area contributed by atoms with Gasteiger partial charge in [-0.05, 0) is 33.9 Å². The van der Waals surface area contributed by atoms with Crippen molar-refractivity contribution in [2.24, 2.45) is 0 Å². The Morgan fingerprint density at radius 1 is 1.50 bits per heavy atom. The highest BCUT2D eigenvalue weighted by Crippen LogP contribution is 2.11. The Morgan fingerprint density at radius 2 is 2.08 bits per heavy atom. The molecule has 0 bridgehead atoms. The summed E-state index contributed by atoms with van der Waals surface area (Å²) < 4.78 is 0. The van der Waals surface area contributed by atoms with Crippen LogP contribution >= 0.6 is 0 Å². The zero-order chi connectivity index (χ0) is 9.56. The third kappa shape index (κ3) is 4.46. The summed E-state index contributed by atoms with van der Waals surface area (Å²) >= 11 is 0. The standard InChI is InChI=1S/C8H18N2.CH2O.H2/c1-7-4-5-8(9-7)6-10(2)3;1-2;/h7-9H,4-6H2,1-3H3;1H2;1H/t7-,8-;;/m0../s1. The Hall–Kier alpha value is -0.410. The number of likely N-dealkylation sites (N-methyl/N-ethyl adjacent to an activating group) is 1. The summed E-state index contributed by atoms with van der Waals surface area (Å²) in [7, 11) is 4.26. The Bertz CT molecular complexity index is 122. The summed E-state index contributed by atoms with van der Waals surface area (Å²) in [4.78, 5) is 10.2. The van der Waals surface area contributed by atoms with Gasteiger partial charge < -0.3 is 15.0 Å². The summed E-state index contributed by atoms with van der Waals surface area (Å²) in [6.07, 6.45) is 2.69. The average molecular weight is 174 g/mol. The van der Waals surface area contributed by atoms with Crippen LogP contribution in [0, 0.1) is 0 Å². The number of hydrogen-bond donors (Lipinski definition) is 1. The monoisotopic (exact) mass is 174 g/mol. The molecule has 0 radical (unpaired) electrons. The van der Waals surface area contributed by atoms with Gasteiger partial charge in [-0.15, -0.1) is 0 Å². The lowest BCUT2D eigenvalue weighted by atomic mass is 10.2. The molecule has 0 aromatic carbocycles. The van der Waals surface area contributed by atoms with E-state index in [-0.39, 0.29) is 1.43 Å². The van der Waals surface area contributed by atoms with E-state index in [0.29, 0.717) is 0 Å². The van der Waals surface area contributed by atoms with Crippen LogP contribution in [0.5, 0.6) is 0 Å². The zero-order valence-electron chi connectivity index (χ0n) is 8.34. The molecule has 1 rings (SSSR count). The molecule has 12 heavy (non-hydrogen) atoms.